The number of nitro benzene ring substituents is 1. The number of nitrogens with one attached hydrogen (secondary N) is 1. The van der Waals surface area contributed by atoms with Crippen molar-refractivity contribution >= 4 is 33.6 Å². The lowest BCUT2D eigenvalue weighted by Crippen LogP contribution is -2.33. The maximum absolute atomic E-state index is 12.9. The lowest BCUT2D eigenvalue weighted by atomic mass is 9.88. The number of piperidine rings is 1. The number of nitrogens with zero attached hydrogens (tertiary/aromatic N) is 3. The largest absolute Gasteiger partial charge is 0.366 e. The molecule has 1 aliphatic heterocycles. The molecule has 7 nitrogen and oxygen atoms in total. The highest BCUT2D eigenvalue weighted by Crippen LogP contribution is 2.39. The van der Waals surface area contributed by atoms with Crippen molar-refractivity contribution in [3.05, 3.63) is 49.9 Å². The van der Waals surface area contributed by atoms with Gasteiger partial charge in [0.25, 0.3) is 11.6 Å². The Morgan fingerprint density at radius 1 is 1.26 bits per heavy atom. The zero-order valence-electron chi connectivity index (χ0n) is 17.8. The van der Waals surface area contributed by atoms with Crippen LogP contribution in [0.5, 0.6) is 0 Å². The lowest BCUT2D eigenvalue weighted by Gasteiger charge is -2.31. The predicted molar refractivity (Wildman–Crippen MR) is 122 cm³/mol. The molecule has 2 aliphatic rings. The molecule has 4 rings (SSSR count). The van der Waals surface area contributed by atoms with Crippen molar-refractivity contribution in [3.63, 3.8) is 0 Å². The van der Waals surface area contributed by atoms with E-state index in [-0.39, 0.29) is 11.3 Å². The summed E-state index contributed by atoms with van der Waals surface area (Å²) >= 11 is 1.45. The van der Waals surface area contributed by atoms with E-state index < -0.39 is 10.8 Å². The highest BCUT2D eigenvalue weighted by atomic mass is 32.1. The van der Waals surface area contributed by atoms with Crippen molar-refractivity contribution in [3.8, 4) is 6.07 Å². The van der Waals surface area contributed by atoms with Gasteiger partial charge in [0.15, 0.2) is 0 Å². The molecule has 2 aromatic rings. The molecule has 1 saturated heterocycles. The van der Waals surface area contributed by atoms with Crippen LogP contribution in [0, 0.1) is 33.3 Å². The fourth-order valence-electron chi connectivity index (χ4n) is 4.46. The Labute approximate surface area is 185 Å². The average Bonchev–Trinajstić information content (AvgIpc) is 3.09. The third-order valence-electron chi connectivity index (χ3n) is 6.41. The van der Waals surface area contributed by atoms with E-state index in [2.05, 4.69) is 25.2 Å². The Bertz CT molecular complexity index is 1060. The Morgan fingerprint density at radius 2 is 2.00 bits per heavy atom. The van der Waals surface area contributed by atoms with E-state index in [1.165, 1.54) is 17.4 Å². The van der Waals surface area contributed by atoms with Gasteiger partial charge in [0, 0.05) is 29.6 Å². The summed E-state index contributed by atoms with van der Waals surface area (Å²) in [5, 5.41) is 24.8. The molecule has 1 N–H and O–H groups in total. The van der Waals surface area contributed by atoms with Gasteiger partial charge in [-0.05, 0) is 61.6 Å². The molecular weight excluding hydrogens is 412 g/mol. The Hall–Kier alpha value is -2.92. The highest BCUT2D eigenvalue weighted by Gasteiger charge is 2.27. The fraction of sp³-hybridized carbons (Fsp3) is 0.478. The molecule has 1 atom stereocenters. The van der Waals surface area contributed by atoms with E-state index in [9.17, 15) is 20.2 Å². The molecule has 2 heterocycles. The van der Waals surface area contributed by atoms with Gasteiger partial charge in [-0.15, -0.1) is 11.3 Å². The first-order valence-corrected chi connectivity index (χ1v) is 11.6. The van der Waals surface area contributed by atoms with Crippen molar-refractivity contribution < 1.29 is 9.72 Å². The van der Waals surface area contributed by atoms with Crippen LogP contribution in [0.1, 0.15) is 59.5 Å². The van der Waals surface area contributed by atoms with Crippen LogP contribution in [-0.2, 0) is 12.8 Å². The quantitative estimate of drug-likeness (QED) is 0.526. The molecule has 1 amide bonds. The molecule has 1 aliphatic carbocycles. The van der Waals surface area contributed by atoms with Crippen LogP contribution in [0.3, 0.4) is 0 Å². The number of fused-ring (bicyclic) bond motifs is 1. The second-order valence-corrected chi connectivity index (χ2v) is 9.86. The smallest absolute Gasteiger partial charge is 0.293 e. The number of nitro groups is 1. The summed E-state index contributed by atoms with van der Waals surface area (Å²) in [5.41, 5.74) is 2.31. The van der Waals surface area contributed by atoms with Crippen LogP contribution >= 0.6 is 11.3 Å². The predicted octanol–water partition coefficient (Wildman–Crippen LogP) is 5.14. The number of carbonyl (C=O) groups is 1. The van der Waals surface area contributed by atoms with E-state index in [0.29, 0.717) is 28.1 Å². The fourth-order valence-corrected chi connectivity index (χ4v) is 5.82. The number of anilines is 2. The van der Waals surface area contributed by atoms with Gasteiger partial charge in [0.05, 0.1) is 10.5 Å². The number of hydrogen-bond donors (Lipinski definition) is 1. The molecule has 0 spiro atoms. The van der Waals surface area contributed by atoms with Gasteiger partial charge in [-0.3, -0.25) is 14.9 Å². The summed E-state index contributed by atoms with van der Waals surface area (Å²) < 4.78 is 0. The summed E-state index contributed by atoms with van der Waals surface area (Å²) in [5.74, 6) is 0.758. The number of benzene rings is 1. The molecule has 0 bridgehead atoms. The second kappa shape index (κ2) is 8.67. The molecule has 0 radical (unpaired) electrons. The zero-order valence-corrected chi connectivity index (χ0v) is 18.6. The van der Waals surface area contributed by atoms with Crippen LogP contribution in [-0.4, -0.2) is 23.9 Å². The molecule has 1 aromatic carbocycles. The number of carbonyl (C=O) groups excluding carboxylic acids is 1. The maximum Gasteiger partial charge on any atom is 0.293 e. The third-order valence-corrected chi connectivity index (χ3v) is 7.58. The van der Waals surface area contributed by atoms with Gasteiger partial charge in [0.1, 0.15) is 16.8 Å². The number of hydrogen-bond acceptors (Lipinski definition) is 6. The Kier molecular flexibility index (Phi) is 5.96. The minimum absolute atomic E-state index is 0.0537. The molecule has 162 valence electrons. The van der Waals surface area contributed by atoms with Crippen LogP contribution in [0.2, 0.25) is 0 Å². The number of amides is 1. The third kappa shape index (κ3) is 4.28. The molecule has 1 aromatic heterocycles. The summed E-state index contributed by atoms with van der Waals surface area (Å²) in [6.07, 6.45) is 4.80. The van der Waals surface area contributed by atoms with E-state index in [1.54, 1.807) is 12.1 Å². The summed E-state index contributed by atoms with van der Waals surface area (Å²) in [6.45, 7) is 5.94. The van der Waals surface area contributed by atoms with Crippen LogP contribution in [0.15, 0.2) is 18.2 Å². The second-order valence-electron chi connectivity index (χ2n) is 8.75. The molecule has 31 heavy (non-hydrogen) atoms. The van der Waals surface area contributed by atoms with Crippen molar-refractivity contribution in [2.24, 2.45) is 11.8 Å². The summed E-state index contributed by atoms with van der Waals surface area (Å²) in [4.78, 5) is 27.4. The van der Waals surface area contributed by atoms with Gasteiger partial charge in [-0.2, -0.15) is 5.26 Å². The Morgan fingerprint density at radius 3 is 2.68 bits per heavy atom. The number of rotatable bonds is 4. The van der Waals surface area contributed by atoms with Gasteiger partial charge >= 0.3 is 0 Å². The van der Waals surface area contributed by atoms with Crippen molar-refractivity contribution in [2.45, 2.75) is 46.0 Å². The van der Waals surface area contributed by atoms with Gasteiger partial charge in [-0.1, -0.05) is 13.8 Å². The highest BCUT2D eigenvalue weighted by molar-refractivity contribution is 7.16. The van der Waals surface area contributed by atoms with E-state index in [1.807, 2.05) is 4.90 Å². The van der Waals surface area contributed by atoms with E-state index in [4.69, 9.17) is 0 Å². The van der Waals surface area contributed by atoms with Crippen molar-refractivity contribution in [1.29, 1.82) is 5.26 Å². The lowest BCUT2D eigenvalue weighted by molar-refractivity contribution is -0.384. The molecule has 8 heteroatoms. The SMILES string of the molecule is CC1CCN(c2ccc(C(=O)Nc3sc4c(c3C#N)CCC(C)C4)cc2[N+](=O)[O-])CC1. The summed E-state index contributed by atoms with van der Waals surface area (Å²) in [7, 11) is 0. The van der Waals surface area contributed by atoms with E-state index in [0.717, 1.165) is 55.6 Å². The first-order chi connectivity index (χ1) is 14.9. The van der Waals surface area contributed by atoms with Gasteiger partial charge in [-0.25, -0.2) is 0 Å². The molecule has 0 saturated carbocycles. The monoisotopic (exact) mass is 438 g/mol. The first-order valence-electron chi connectivity index (χ1n) is 10.8. The van der Waals surface area contributed by atoms with Crippen LogP contribution in [0.4, 0.5) is 16.4 Å². The van der Waals surface area contributed by atoms with E-state index >= 15 is 0 Å². The molecule has 1 fully saturated rings. The van der Waals surface area contributed by atoms with Crippen LogP contribution in [0.25, 0.3) is 0 Å². The average molecular weight is 439 g/mol. The summed E-state index contributed by atoms with van der Waals surface area (Å²) in [6, 6.07) is 6.91. The Balaban J connectivity index is 1.59. The standard InChI is InChI=1S/C23H26N4O3S/c1-14-7-9-26(10-8-14)19-6-4-16(12-20(19)27(29)30)22(28)25-23-18(13-24)17-5-3-15(2)11-21(17)31-23/h4,6,12,14-15H,3,5,7-11H2,1-2H3,(H,25,28). The van der Waals surface area contributed by atoms with Gasteiger partial charge in [0.2, 0.25) is 0 Å². The number of nitriles is 1. The zero-order chi connectivity index (χ0) is 22.1. The minimum Gasteiger partial charge on any atom is -0.366 e. The van der Waals surface area contributed by atoms with Crippen molar-refractivity contribution in [1.82, 2.24) is 0 Å². The maximum atomic E-state index is 12.9. The minimum atomic E-state index is -0.426. The molecular formula is C23H26N4O3S. The first kappa shape index (κ1) is 21.3. The van der Waals surface area contributed by atoms with Crippen LogP contribution < -0.4 is 10.2 Å². The van der Waals surface area contributed by atoms with Crippen molar-refractivity contribution in [2.75, 3.05) is 23.3 Å². The normalized spacial score (nSPS) is 18.9. The molecule has 1 unspecified atom stereocenters. The van der Waals surface area contributed by atoms with Gasteiger partial charge < -0.3 is 10.2 Å². The topological polar surface area (TPSA) is 99.3 Å². The number of thiophene rings is 1.